The first-order valence-corrected chi connectivity index (χ1v) is 15.3. The monoisotopic (exact) mass is 619 g/mol. The Bertz CT molecular complexity index is 1530. The highest BCUT2D eigenvalue weighted by atomic mass is 19.2. The summed E-state index contributed by atoms with van der Waals surface area (Å²) in [6.07, 6.45) is 4.24. The van der Waals surface area contributed by atoms with Crippen LogP contribution < -0.4 is 26.0 Å². The normalized spacial score (nSPS) is 18.6. The van der Waals surface area contributed by atoms with Crippen molar-refractivity contribution in [1.29, 1.82) is 0 Å². The lowest BCUT2D eigenvalue weighted by atomic mass is 9.91. The summed E-state index contributed by atoms with van der Waals surface area (Å²) < 4.78 is 32.7. The van der Waals surface area contributed by atoms with Crippen LogP contribution in [0.1, 0.15) is 58.4 Å². The largest absolute Gasteiger partial charge is 0.497 e. The van der Waals surface area contributed by atoms with Crippen molar-refractivity contribution >= 4 is 29.1 Å². The number of carbonyl (C=O) groups excluding carboxylic acids is 3. The number of methoxy groups -OCH3 is 1. The molecule has 2 fully saturated rings. The molecule has 4 N–H and O–H groups in total. The summed E-state index contributed by atoms with van der Waals surface area (Å²) >= 11 is 0. The Morgan fingerprint density at radius 3 is 2.27 bits per heavy atom. The standard InChI is InChI=1S/C34H39F2N5O4/c1-45-27-11-3-22(4-12-27)19-32(42)41-16-2-15-40(17-18-41)31-14-6-24(33(43)38-26-9-7-25(37)8-10-26)21-30(31)39-34(44)23-5-13-28(35)29(36)20-23/h3-6,11-14,20-21,25-26H,2,7-10,15-19,37H2,1H3,(H,38,43)(H,39,44). The van der Waals surface area contributed by atoms with Crippen molar-refractivity contribution in [3.63, 3.8) is 0 Å². The van der Waals surface area contributed by atoms with Gasteiger partial charge in [0, 0.05) is 49.4 Å². The SMILES string of the molecule is COc1ccc(CC(=O)N2CCCN(c3ccc(C(=O)NC4CCC(N)CC4)cc3NC(=O)c3ccc(F)c(F)c3)CC2)cc1. The molecule has 45 heavy (non-hydrogen) atoms. The van der Waals surface area contributed by atoms with Crippen LogP contribution in [0.5, 0.6) is 5.75 Å². The molecular formula is C34H39F2N5O4. The molecular weight excluding hydrogens is 580 g/mol. The molecule has 0 spiro atoms. The first-order valence-electron chi connectivity index (χ1n) is 15.3. The van der Waals surface area contributed by atoms with Gasteiger partial charge in [0.25, 0.3) is 11.8 Å². The lowest BCUT2D eigenvalue weighted by Crippen LogP contribution is -2.40. The van der Waals surface area contributed by atoms with E-state index in [1.165, 1.54) is 6.07 Å². The molecule has 1 heterocycles. The summed E-state index contributed by atoms with van der Waals surface area (Å²) in [7, 11) is 1.60. The number of halogens is 2. The van der Waals surface area contributed by atoms with E-state index in [1.54, 1.807) is 25.3 Å². The minimum absolute atomic E-state index is 0.0178. The van der Waals surface area contributed by atoms with Crippen molar-refractivity contribution in [2.24, 2.45) is 5.73 Å². The number of hydrogen-bond donors (Lipinski definition) is 3. The molecule has 3 amide bonds. The lowest BCUT2D eigenvalue weighted by Gasteiger charge is -2.28. The van der Waals surface area contributed by atoms with Gasteiger partial charge in [-0.3, -0.25) is 14.4 Å². The fraction of sp³-hybridized carbons (Fsp3) is 0.382. The molecule has 11 heteroatoms. The van der Waals surface area contributed by atoms with Crippen LogP contribution in [0.2, 0.25) is 0 Å². The van der Waals surface area contributed by atoms with E-state index in [0.717, 1.165) is 49.1 Å². The third-order valence-electron chi connectivity index (χ3n) is 8.50. The number of rotatable bonds is 8. The van der Waals surface area contributed by atoms with Gasteiger partial charge in [0.15, 0.2) is 11.6 Å². The zero-order valence-corrected chi connectivity index (χ0v) is 25.4. The Morgan fingerprint density at radius 2 is 1.56 bits per heavy atom. The van der Waals surface area contributed by atoms with Crippen molar-refractivity contribution in [3.8, 4) is 5.75 Å². The molecule has 1 aliphatic heterocycles. The van der Waals surface area contributed by atoms with E-state index < -0.39 is 17.5 Å². The van der Waals surface area contributed by atoms with E-state index in [1.807, 2.05) is 29.2 Å². The molecule has 0 atom stereocenters. The fourth-order valence-electron chi connectivity index (χ4n) is 5.85. The molecule has 1 aliphatic carbocycles. The summed E-state index contributed by atoms with van der Waals surface area (Å²) in [5.41, 5.74) is 8.24. The quantitative estimate of drug-likeness (QED) is 0.342. The van der Waals surface area contributed by atoms with Gasteiger partial charge in [0.2, 0.25) is 5.91 Å². The van der Waals surface area contributed by atoms with Crippen LogP contribution in [0.25, 0.3) is 0 Å². The molecule has 1 saturated carbocycles. The Labute approximate surface area is 261 Å². The second-order valence-corrected chi connectivity index (χ2v) is 11.6. The van der Waals surface area contributed by atoms with Gasteiger partial charge in [0.1, 0.15) is 5.75 Å². The first kappa shape index (κ1) is 31.9. The van der Waals surface area contributed by atoms with Crippen LogP contribution in [-0.2, 0) is 11.2 Å². The topological polar surface area (TPSA) is 117 Å². The predicted molar refractivity (Wildman–Crippen MR) is 169 cm³/mol. The first-order chi connectivity index (χ1) is 21.7. The maximum Gasteiger partial charge on any atom is 0.255 e. The number of ether oxygens (including phenoxy) is 1. The molecule has 238 valence electrons. The van der Waals surface area contributed by atoms with E-state index in [0.29, 0.717) is 49.5 Å². The fourth-order valence-corrected chi connectivity index (χ4v) is 5.85. The maximum absolute atomic E-state index is 13.9. The van der Waals surface area contributed by atoms with E-state index in [2.05, 4.69) is 15.5 Å². The molecule has 3 aromatic rings. The molecule has 0 bridgehead atoms. The summed E-state index contributed by atoms with van der Waals surface area (Å²) in [5, 5.41) is 5.89. The summed E-state index contributed by atoms with van der Waals surface area (Å²) in [6.45, 7) is 2.15. The van der Waals surface area contributed by atoms with Gasteiger partial charge in [-0.05, 0) is 86.2 Å². The molecule has 5 rings (SSSR count). The third kappa shape index (κ3) is 8.16. The van der Waals surface area contributed by atoms with Crippen LogP contribution in [0.4, 0.5) is 20.2 Å². The molecule has 9 nitrogen and oxygen atoms in total. The third-order valence-corrected chi connectivity index (χ3v) is 8.50. The number of amides is 3. The second kappa shape index (κ2) is 14.5. The van der Waals surface area contributed by atoms with Crippen molar-refractivity contribution in [2.45, 2.75) is 50.6 Å². The zero-order chi connectivity index (χ0) is 31.9. The van der Waals surface area contributed by atoms with Crippen LogP contribution in [-0.4, -0.2) is 68.0 Å². The van der Waals surface area contributed by atoms with Crippen molar-refractivity contribution < 1.29 is 27.9 Å². The minimum Gasteiger partial charge on any atom is -0.497 e. The Morgan fingerprint density at radius 1 is 0.844 bits per heavy atom. The van der Waals surface area contributed by atoms with Gasteiger partial charge in [-0.2, -0.15) is 0 Å². The predicted octanol–water partition coefficient (Wildman–Crippen LogP) is 4.51. The smallest absolute Gasteiger partial charge is 0.255 e. The molecule has 0 aromatic heterocycles. The number of nitrogens with zero attached hydrogens (tertiary/aromatic N) is 2. The van der Waals surface area contributed by atoms with Crippen LogP contribution in [0.15, 0.2) is 60.7 Å². The Balaban J connectivity index is 1.33. The summed E-state index contributed by atoms with van der Waals surface area (Å²) in [6, 6.07) is 15.6. The number of carbonyl (C=O) groups is 3. The average molecular weight is 620 g/mol. The average Bonchev–Trinajstić information content (AvgIpc) is 3.30. The van der Waals surface area contributed by atoms with E-state index in [-0.39, 0.29) is 35.9 Å². The van der Waals surface area contributed by atoms with Gasteiger partial charge in [-0.1, -0.05) is 12.1 Å². The van der Waals surface area contributed by atoms with E-state index in [9.17, 15) is 23.2 Å². The van der Waals surface area contributed by atoms with Gasteiger partial charge in [-0.25, -0.2) is 8.78 Å². The highest BCUT2D eigenvalue weighted by molar-refractivity contribution is 6.07. The number of benzene rings is 3. The molecule has 2 aliphatic rings. The van der Waals surface area contributed by atoms with Crippen molar-refractivity contribution in [3.05, 3.63) is 89.0 Å². The van der Waals surface area contributed by atoms with Gasteiger partial charge in [0.05, 0.1) is 24.9 Å². The number of anilines is 2. The van der Waals surface area contributed by atoms with E-state index in [4.69, 9.17) is 10.5 Å². The lowest BCUT2D eigenvalue weighted by molar-refractivity contribution is -0.130. The van der Waals surface area contributed by atoms with Crippen molar-refractivity contribution in [2.75, 3.05) is 43.5 Å². The molecule has 3 aromatic carbocycles. The Hall–Kier alpha value is -4.51. The number of nitrogens with two attached hydrogens (primary N) is 1. The van der Waals surface area contributed by atoms with Gasteiger partial charge >= 0.3 is 0 Å². The van der Waals surface area contributed by atoms with E-state index >= 15 is 0 Å². The summed E-state index contributed by atoms with van der Waals surface area (Å²) in [5.74, 6) is -2.34. The van der Waals surface area contributed by atoms with Crippen LogP contribution >= 0.6 is 0 Å². The highest BCUT2D eigenvalue weighted by Gasteiger charge is 2.24. The Kier molecular flexibility index (Phi) is 10.3. The number of hydrogen-bond acceptors (Lipinski definition) is 6. The molecule has 0 radical (unpaired) electrons. The summed E-state index contributed by atoms with van der Waals surface area (Å²) in [4.78, 5) is 43.4. The van der Waals surface area contributed by atoms with Crippen LogP contribution in [0.3, 0.4) is 0 Å². The maximum atomic E-state index is 13.9. The molecule has 1 saturated heterocycles. The van der Waals surface area contributed by atoms with Gasteiger partial charge < -0.3 is 30.9 Å². The zero-order valence-electron chi connectivity index (χ0n) is 25.4. The molecule has 0 unspecified atom stereocenters. The minimum atomic E-state index is -1.13. The van der Waals surface area contributed by atoms with Gasteiger partial charge in [-0.15, -0.1) is 0 Å². The highest BCUT2D eigenvalue weighted by Crippen LogP contribution is 2.30. The second-order valence-electron chi connectivity index (χ2n) is 11.6. The van der Waals surface area contributed by atoms with Crippen LogP contribution in [0, 0.1) is 11.6 Å². The van der Waals surface area contributed by atoms with Crippen molar-refractivity contribution in [1.82, 2.24) is 10.2 Å². The number of nitrogens with one attached hydrogen (secondary N) is 2.